The number of aromatic amines is 1. The summed E-state index contributed by atoms with van der Waals surface area (Å²) < 4.78 is 0. The summed E-state index contributed by atoms with van der Waals surface area (Å²) in [5.41, 5.74) is 2.40. The molecule has 3 heteroatoms. The Bertz CT molecular complexity index is 516. The molecule has 0 unspecified atom stereocenters. The van der Waals surface area contributed by atoms with E-state index < -0.39 is 0 Å². The molecule has 1 amide bonds. The van der Waals surface area contributed by atoms with Gasteiger partial charge in [0.2, 0.25) is 5.91 Å². The molecule has 1 aromatic heterocycles. The molecule has 1 heterocycles. The molecule has 0 fully saturated rings. The lowest BCUT2D eigenvalue weighted by Gasteiger charge is -2.12. The third kappa shape index (κ3) is 2.67. The van der Waals surface area contributed by atoms with Gasteiger partial charge in [0, 0.05) is 29.6 Å². The number of fused-ring (bicyclic) bond motifs is 1. The number of nitrogens with one attached hydrogen (secondary N) is 2. The normalized spacial score (nSPS) is 12.6. The Kier molecular flexibility index (Phi) is 3.47. The van der Waals surface area contributed by atoms with Crippen LogP contribution in [0.15, 0.2) is 30.5 Å². The van der Waals surface area contributed by atoms with E-state index in [1.54, 1.807) is 0 Å². The predicted molar refractivity (Wildman–Crippen MR) is 69.9 cm³/mol. The number of hydrogen-bond acceptors (Lipinski definition) is 1. The van der Waals surface area contributed by atoms with E-state index in [1.165, 1.54) is 10.9 Å². The summed E-state index contributed by atoms with van der Waals surface area (Å²) in [6, 6.07) is 8.39. The van der Waals surface area contributed by atoms with Crippen LogP contribution in [0, 0.1) is 0 Å². The first-order valence-corrected chi connectivity index (χ1v) is 6.05. The number of benzene rings is 1. The SMILES string of the molecule is CCC(=O)N[C@H](C)Cc1c[nH]c2ccccc12. The van der Waals surface area contributed by atoms with Gasteiger partial charge in [0.15, 0.2) is 0 Å². The maximum atomic E-state index is 11.3. The fraction of sp³-hybridized carbons (Fsp3) is 0.357. The van der Waals surface area contributed by atoms with Crippen molar-refractivity contribution in [3.8, 4) is 0 Å². The van der Waals surface area contributed by atoms with Crippen molar-refractivity contribution in [2.24, 2.45) is 0 Å². The van der Waals surface area contributed by atoms with E-state index in [9.17, 15) is 4.79 Å². The van der Waals surface area contributed by atoms with E-state index in [-0.39, 0.29) is 11.9 Å². The Morgan fingerprint density at radius 3 is 2.94 bits per heavy atom. The highest BCUT2D eigenvalue weighted by Crippen LogP contribution is 2.18. The first kappa shape index (κ1) is 11.7. The lowest BCUT2D eigenvalue weighted by atomic mass is 10.1. The standard InChI is InChI=1S/C14H18N2O/c1-3-14(17)16-10(2)8-11-9-15-13-7-5-4-6-12(11)13/h4-7,9-10,15H,3,8H2,1-2H3,(H,16,17)/t10-/m1/s1. The summed E-state index contributed by atoms with van der Waals surface area (Å²) in [5.74, 6) is 0.109. The third-order valence-electron chi connectivity index (χ3n) is 2.93. The number of aromatic nitrogens is 1. The molecular formula is C14H18N2O. The van der Waals surface area contributed by atoms with Crippen LogP contribution < -0.4 is 5.32 Å². The molecule has 2 aromatic rings. The van der Waals surface area contributed by atoms with Gasteiger partial charge >= 0.3 is 0 Å². The number of carbonyl (C=O) groups is 1. The summed E-state index contributed by atoms with van der Waals surface area (Å²) >= 11 is 0. The van der Waals surface area contributed by atoms with Crippen molar-refractivity contribution < 1.29 is 4.79 Å². The van der Waals surface area contributed by atoms with Gasteiger partial charge < -0.3 is 10.3 Å². The summed E-state index contributed by atoms with van der Waals surface area (Å²) in [6.07, 6.45) is 3.42. The Morgan fingerprint density at radius 1 is 1.41 bits per heavy atom. The van der Waals surface area contributed by atoms with Gasteiger partial charge in [-0.3, -0.25) is 4.79 Å². The average molecular weight is 230 g/mol. The van der Waals surface area contributed by atoms with Crippen LogP contribution in [0.2, 0.25) is 0 Å². The first-order chi connectivity index (χ1) is 8.20. The van der Waals surface area contributed by atoms with Crippen molar-refractivity contribution in [3.63, 3.8) is 0 Å². The molecule has 0 saturated heterocycles. The van der Waals surface area contributed by atoms with Crippen LogP contribution in [-0.2, 0) is 11.2 Å². The van der Waals surface area contributed by atoms with E-state index in [0.29, 0.717) is 6.42 Å². The Labute approximate surface area is 101 Å². The molecule has 0 radical (unpaired) electrons. The maximum Gasteiger partial charge on any atom is 0.219 e. The van der Waals surface area contributed by atoms with Crippen LogP contribution in [0.3, 0.4) is 0 Å². The van der Waals surface area contributed by atoms with Crippen molar-refractivity contribution in [2.75, 3.05) is 0 Å². The zero-order chi connectivity index (χ0) is 12.3. The largest absolute Gasteiger partial charge is 0.361 e. The van der Waals surface area contributed by atoms with Gasteiger partial charge in [-0.15, -0.1) is 0 Å². The van der Waals surface area contributed by atoms with Crippen LogP contribution >= 0.6 is 0 Å². The van der Waals surface area contributed by atoms with Crippen LogP contribution in [0.4, 0.5) is 0 Å². The maximum absolute atomic E-state index is 11.3. The van der Waals surface area contributed by atoms with E-state index in [4.69, 9.17) is 0 Å². The lowest BCUT2D eigenvalue weighted by Crippen LogP contribution is -2.33. The molecule has 0 bridgehead atoms. The van der Waals surface area contributed by atoms with Crippen LogP contribution in [0.25, 0.3) is 10.9 Å². The first-order valence-electron chi connectivity index (χ1n) is 6.05. The molecule has 0 aliphatic heterocycles. The van der Waals surface area contributed by atoms with Crippen molar-refractivity contribution in [2.45, 2.75) is 32.7 Å². The molecule has 1 aromatic carbocycles. The van der Waals surface area contributed by atoms with Crippen molar-refractivity contribution >= 4 is 16.8 Å². The van der Waals surface area contributed by atoms with Crippen molar-refractivity contribution in [1.82, 2.24) is 10.3 Å². The smallest absolute Gasteiger partial charge is 0.219 e. The number of rotatable bonds is 4. The predicted octanol–water partition coefficient (Wildman–Crippen LogP) is 2.63. The number of hydrogen-bond donors (Lipinski definition) is 2. The third-order valence-corrected chi connectivity index (χ3v) is 2.93. The highest BCUT2D eigenvalue weighted by molar-refractivity contribution is 5.83. The van der Waals surface area contributed by atoms with E-state index in [0.717, 1.165) is 11.9 Å². The molecular weight excluding hydrogens is 212 g/mol. The summed E-state index contributed by atoms with van der Waals surface area (Å²) in [7, 11) is 0. The molecule has 0 aliphatic rings. The van der Waals surface area contributed by atoms with Gasteiger partial charge in [0.1, 0.15) is 0 Å². The van der Waals surface area contributed by atoms with Gasteiger partial charge in [0.05, 0.1) is 0 Å². The van der Waals surface area contributed by atoms with E-state index in [1.807, 2.05) is 32.2 Å². The minimum atomic E-state index is 0.109. The topological polar surface area (TPSA) is 44.9 Å². The summed E-state index contributed by atoms with van der Waals surface area (Å²) in [6.45, 7) is 3.91. The zero-order valence-corrected chi connectivity index (χ0v) is 10.3. The highest BCUT2D eigenvalue weighted by Gasteiger charge is 2.09. The van der Waals surface area contributed by atoms with Gasteiger partial charge in [-0.1, -0.05) is 25.1 Å². The van der Waals surface area contributed by atoms with Crippen LogP contribution in [0.5, 0.6) is 0 Å². The Hall–Kier alpha value is -1.77. The minimum absolute atomic E-state index is 0.109. The molecule has 0 spiro atoms. The second-order valence-corrected chi connectivity index (χ2v) is 4.39. The van der Waals surface area contributed by atoms with Gasteiger partial charge in [-0.25, -0.2) is 0 Å². The zero-order valence-electron chi connectivity index (χ0n) is 10.3. The Balaban J connectivity index is 2.10. The van der Waals surface area contributed by atoms with Gasteiger partial charge in [-0.2, -0.15) is 0 Å². The highest BCUT2D eigenvalue weighted by atomic mass is 16.1. The van der Waals surface area contributed by atoms with Crippen molar-refractivity contribution in [1.29, 1.82) is 0 Å². The molecule has 2 N–H and O–H groups in total. The molecule has 17 heavy (non-hydrogen) atoms. The van der Waals surface area contributed by atoms with Crippen LogP contribution in [0.1, 0.15) is 25.8 Å². The summed E-state index contributed by atoms with van der Waals surface area (Å²) in [4.78, 5) is 14.5. The lowest BCUT2D eigenvalue weighted by molar-refractivity contribution is -0.121. The molecule has 0 saturated carbocycles. The van der Waals surface area contributed by atoms with Gasteiger partial charge in [-0.05, 0) is 25.0 Å². The molecule has 3 nitrogen and oxygen atoms in total. The quantitative estimate of drug-likeness (QED) is 0.833. The molecule has 0 aliphatic carbocycles. The molecule has 90 valence electrons. The fourth-order valence-electron chi connectivity index (χ4n) is 2.06. The Morgan fingerprint density at radius 2 is 2.18 bits per heavy atom. The molecule has 1 atom stereocenters. The number of amides is 1. The van der Waals surface area contributed by atoms with E-state index >= 15 is 0 Å². The summed E-state index contributed by atoms with van der Waals surface area (Å²) in [5, 5.41) is 4.22. The fourth-order valence-corrected chi connectivity index (χ4v) is 2.06. The van der Waals surface area contributed by atoms with Crippen LogP contribution in [-0.4, -0.2) is 16.9 Å². The van der Waals surface area contributed by atoms with E-state index in [2.05, 4.69) is 22.4 Å². The minimum Gasteiger partial charge on any atom is -0.361 e. The van der Waals surface area contributed by atoms with Crippen molar-refractivity contribution in [3.05, 3.63) is 36.0 Å². The van der Waals surface area contributed by atoms with Gasteiger partial charge in [0.25, 0.3) is 0 Å². The average Bonchev–Trinajstić information content (AvgIpc) is 2.72. The number of carbonyl (C=O) groups excluding carboxylic acids is 1. The number of para-hydroxylation sites is 1. The number of H-pyrrole nitrogens is 1. The monoisotopic (exact) mass is 230 g/mol. The second kappa shape index (κ2) is 5.04. The molecule has 2 rings (SSSR count). The second-order valence-electron chi connectivity index (χ2n) is 4.39.